The van der Waals surface area contributed by atoms with Gasteiger partial charge in [-0.05, 0) is 87.4 Å². The van der Waals surface area contributed by atoms with E-state index >= 15 is 0 Å². The van der Waals surface area contributed by atoms with Gasteiger partial charge in [-0.15, -0.1) is 0 Å². The van der Waals surface area contributed by atoms with E-state index in [-0.39, 0.29) is 33.9 Å². The summed E-state index contributed by atoms with van der Waals surface area (Å²) in [6, 6.07) is 13.3. The number of carbonyl (C=O) groups excluding carboxylic acids is 4. The number of amides is 2. The van der Waals surface area contributed by atoms with Gasteiger partial charge in [-0.25, -0.2) is 0 Å². The average Bonchev–Trinajstić information content (AvgIpc) is 3.11. The van der Waals surface area contributed by atoms with Crippen molar-refractivity contribution in [2.24, 2.45) is 20.5 Å². The molecule has 0 radical (unpaired) electrons. The zero-order valence-electron chi connectivity index (χ0n) is 30.7. The van der Waals surface area contributed by atoms with Crippen LogP contribution in [0.15, 0.2) is 103 Å². The Hall–Kier alpha value is -6.22. The summed E-state index contributed by atoms with van der Waals surface area (Å²) in [4.78, 5) is 49.1. The highest BCUT2D eigenvalue weighted by Crippen LogP contribution is 2.40. The lowest BCUT2D eigenvalue weighted by atomic mass is 9.99. The van der Waals surface area contributed by atoms with Gasteiger partial charge in [-0.1, -0.05) is 24.3 Å². The number of benzene rings is 4. The van der Waals surface area contributed by atoms with E-state index in [0.29, 0.717) is 11.5 Å². The molecular weight excluding hydrogens is 773 g/mol. The van der Waals surface area contributed by atoms with Crippen molar-refractivity contribution in [1.82, 2.24) is 0 Å². The molecule has 4 rings (SSSR count). The number of azo groups is 2. The molecule has 0 saturated heterocycles. The molecule has 0 fully saturated rings. The number of anilines is 2. The number of methoxy groups -OCH3 is 2. The van der Waals surface area contributed by atoms with Crippen molar-refractivity contribution in [2.75, 3.05) is 24.9 Å². The lowest BCUT2D eigenvalue weighted by molar-refractivity contribution is -0.127. The number of ether oxygens (including phenoxy) is 2. The minimum atomic E-state index is -5.17. The van der Waals surface area contributed by atoms with Crippen LogP contribution < -0.4 is 20.1 Å². The van der Waals surface area contributed by atoms with E-state index < -0.39 is 76.6 Å². The Morgan fingerprint density at radius 1 is 0.607 bits per heavy atom. The highest BCUT2D eigenvalue weighted by molar-refractivity contribution is 7.86. The second kappa shape index (κ2) is 17.5. The third-order valence-electron chi connectivity index (χ3n) is 8.00. The maximum atomic E-state index is 13.0. The Balaban J connectivity index is 1.76. The van der Waals surface area contributed by atoms with Crippen LogP contribution in [-0.2, 0) is 39.4 Å². The van der Waals surface area contributed by atoms with Crippen LogP contribution in [0.4, 0.5) is 22.7 Å². The van der Waals surface area contributed by atoms with Crippen molar-refractivity contribution in [3.8, 4) is 22.6 Å². The molecule has 294 valence electrons. The zero-order chi connectivity index (χ0) is 41.5. The molecule has 0 spiro atoms. The molecule has 2 atom stereocenters. The van der Waals surface area contributed by atoms with Gasteiger partial charge in [-0.2, -0.15) is 37.3 Å². The predicted octanol–water partition coefficient (Wildman–Crippen LogP) is 5.84. The van der Waals surface area contributed by atoms with E-state index in [4.69, 9.17) is 9.47 Å². The smallest absolute Gasteiger partial charge is 0.295 e. The normalized spacial score (nSPS) is 12.9. The van der Waals surface area contributed by atoms with Crippen molar-refractivity contribution >= 4 is 66.4 Å². The van der Waals surface area contributed by atoms with Gasteiger partial charge in [-0.3, -0.25) is 28.3 Å². The first-order valence-electron chi connectivity index (χ1n) is 16.2. The number of carbonyl (C=O) groups is 4. The van der Waals surface area contributed by atoms with Crippen molar-refractivity contribution < 1.29 is 54.6 Å². The lowest BCUT2D eigenvalue weighted by Crippen LogP contribution is -2.32. The van der Waals surface area contributed by atoms with E-state index in [0.717, 1.165) is 38.1 Å². The van der Waals surface area contributed by atoms with Crippen LogP contribution in [0.2, 0.25) is 0 Å². The standard InChI is InChI=1S/C36H36N6O12S2/c1-19-15-23(31(55(47,48)49)17-27(19)39-41-33(21(3)43)35(45)37-25-11-7-9-13-29(25)53-5)24-16-20(2)28(18-32(24)56(50,51)52)40-42-34(22(4)44)36(46)38-26-12-8-10-14-30(26)54-6/h7-18,33-34H,1-6H3,(H,37,45)(H,38,46)(H,47,48,49)(H,50,51,52). The summed E-state index contributed by atoms with van der Waals surface area (Å²) < 4.78 is 81.9. The van der Waals surface area contributed by atoms with Gasteiger partial charge in [0, 0.05) is 11.1 Å². The predicted molar refractivity (Wildman–Crippen MR) is 202 cm³/mol. The molecule has 2 amide bonds. The summed E-state index contributed by atoms with van der Waals surface area (Å²) in [5, 5.41) is 20.6. The molecule has 0 aromatic heterocycles. The summed E-state index contributed by atoms with van der Waals surface area (Å²) in [5.74, 6) is -2.61. The molecule has 4 N–H and O–H groups in total. The molecule has 0 bridgehead atoms. The van der Waals surface area contributed by atoms with Crippen LogP contribution in [0.5, 0.6) is 11.5 Å². The maximum absolute atomic E-state index is 13.0. The van der Waals surface area contributed by atoms with Crippen LogP contribution in [0.3, 0.4) is 0 Å². The van der Waals surface area contributed by atoms with Crippen LogP contribution in [0.1, 0.15) is 25.0 Å². The molecule has 0 heterocycles. The van der Waals surface area contributed by atoms with E-state index in [2.05, 4.69) is 31.1 Å². The molecular formula is C36H36N6O12S2. The van der Waals surface area contributed by atoms with Crippen molar-refractivity contribution in [2.45, 2.75) is 49.6 Å². The Bertz CT molecular complexity index is 2330. The van der Waals surface area contributed by atoms with Crippen LogP contribution in [0, 0.1) is 13.8 Å². The molecule has 20 heteroatoms. The van der Waals surface area contributed by atoms with E-state index in [1.165, 1.54) is 40.2 Å². The fraction of sp³-hybridized carbons (Fsp3) is 0.222. The highest BCUT2D eigenvalue weighted by Gasteiger charge is 2.29. The number of nitrogens with one attached hydrogen (secondary N) is 2. The second-order valence-electron chi connectivity index (χ2n) is 12.1. The Labute approximate surface area is 321 Å². The van der Waals surface area contributed by atoms with E-state index in [1.54, 1.807) is 36.4 Å². The number of para-hydroxylation sites is 4. The number of hydrogen-bond donors (Lipinski definition) is 4. The first kappa shape index (κ1) is 42.5. The van der Waals surface area contributed by atoms with Gasteiger partial charge in [0.15, 0.2) is 11.6 Å². The largest absolute Gasteiger partial charge is 0.495 e. The number of hydrogen-bond acceptors (Lipinski definition) is 14. The number of rotatable bonds is 15. The molecule has 0 aliphatic carbocycles. The minimum absolute atomic E-state index is 0.136. The summed E-state index contributed by atoms with van der Waals surface area (Å²) >= 11 is 0. The molecule has 56 heavy (non-hydrogen) atoms. The van der Waals surface area contributed by atoms with Gasteiger partial charge in [0.25, 0.3) is 32.1 Å². The minimum Gasteiger partial charge on any atom is -0.495 e. The SMILES string of the molecule is COc1ccccc1NC(=O)C(N=Nc1cc(S(=O)(=O)O)c(-c2cc(C)c(N=NC(C(C)=O)C(=O)Nc3ccccc3OC)cc2S(=O)(=O)O)cc1C)C(C)=O. The molecule has 0 aliphatic heterocycles. The average molecular weight is 809 g/mol. The Morgan fingerprint density at radius 3 is 1.25 bits per heavy atom. The van der Waals surface area contributed by atoms with E-state index in [9.17, 15) is 45.1 Å². The topological polar surface area (TPSA) is 269 Å². The van der Waals surface area contributed by atoms with Crippen molar-refractivity contribution in [3.05, 3.63) is 83.9 Å². The Morgan fingerprint density at radius 2 is 0.946 bits per heavy atom. The number of Topliss-reactive ketones (excluding diaryl/α,β-unsaturated/α-hetero) is 2. The number of nitrogens with zero attached hydrogens (tertiary/aromatic N) is 4. The molecule has 2 unspecified atom stereocenters. The van der Waals surface area contributed by atoms with Crippen LogP contribution in [-0.4, -0.2) is 75.6 Å². The molecule has 4 aromatic rings. The fourth-order valence-corrected chi connectivity index (χ4v) is 6.61. The van der Waals surface area contributed by atoms with Crippen molar-refractivity contribution in [3.63, 3.8) is 0 Å². The van der Waals surface area contributed by atoms with Crippen LogP contribution >= 0.6 is 0 Å². The molecule has 0 saturated carbocycles. The summed E-state index contributed by atoms with van der Waals surface area (Å²) in [7, 11) is -7.58. The summed E-state index contributed by atoms with van der Waals surface area (Å²) in [6.45, 7) is 5.02. The quantitative estimate of drug-likeness (QED) is 0.0627. The molecule has 4 aromatic carbocycles. The highest BCUT2D eigenvalue weighted by atomic mass is 32.2. The maximum Gasteiger partial charge on any atom is 0.295 e. The third-order valence-corrected chi connectivity index (χ3v) is 9.79. The molecule has 18 nitrogen and oxygen atoms in total. The number of ketones is 2. The monoisotopic (exact) mass is 808 g/mol. The summed E-state index contributed by atoms with van der Waals surface area (Å²) in [5.41, 5.74) is -0.517. The van der Waals surface area contributed by atoms with Gasteiger partial charge in [0.05, 0.1) is 37.0 Å². The fourth-order valence-electron chi connectivity index (χ4n) is 5.19. The van der Waals surface area contributed by atoms with Crippen molar-refractivity contribution in [1.29, 1.82) is 0 Å². The first-order chi connectivity index (χ1) is 26.3. The first-order valence-corrected chi connectivity index (χ1v) is 19.1. The van der Waals surface area contributed by atoms with Gasteiger partial charge < -0.3 is 20.1 Å². The zero-order valence-corrected chi connectivity index (χ0v) is 32.3. The third kappa shape index (κ3) is 10.1. The lowest BCUT2D eigenvalue weighted by Gasteiger charge is -2.16. The summed E-state index contributed by atoms with van der Waals surface area (Å²) in [6.07, 6.45) is 0. The van der Waals surface area contributed by atoms with Crippen LogP contribution in [0.25, 0.3) is 11.1 Å². The second-order valence-corrected chi connectivity index (χ2v) is 14.8. The number of aryl methyl sites for hydroxylation is 2. The Kier molecular flexibility index (Phi) is 13.3. The van der Waals surface area contributed by atoms with Gasteiger partial charge in [0.1, 0.15) is 21.3 Å². The van der Waals surface area contributed by atoms with Gasteiger partial charge in [0.2, 0.25) is 12.1 Å². The van der Waals surface area contributed by atoms with Gasteiger partial charge >= 0.3 is 0 Å². The molecule has 0 aliphatic rings. The van der Waals surface area contributed by atoms with E-state index in [1.807, 2.05) is 0 Å².